The van der Waals surface area contributed by atoms with Crippen LogP contribution in [0, 0.1) is 0 Å². The molecule has 0 atom stereocenters. The van der Waals surface area contributed by atoms with Crippen LogP contribution >= 0.6 is 0 Å². The van der Waals surface area contributed by atoms with Crippen LogP contribution in [0.5, 0.6) is 5.75 Å². The van der Waals surface area contributed by atoms with Gasteiger partial charge in [-0.3, -0.25) is 14.5 Å². The zero-order valence-corrected chi connectivity index (χ0v) is 14.2. The van der Waals surface area contributed by atoms with Gasteiger partial charge in [-0.1, -0.05) is 30.3 Å². The number of nitrogens with zero attached hydrogens (tertiary/aromatic N) is 1. The van der Waals surface area contributed by atoms with E-state index < -0.39 is 6.29 Å². The van der Waals surface area contributed by atoms with E-state index in [0.29, 0.717) is 30.1 Å². The number of hydrogen-bond acceptors (Lipinski definition) is 5. The Bertz CT molecular complexity index is 793. The van der Waals surface area contributed by atoms with Crippen molar-refractivity contribution < 1.29 is 23.8 Å². The Balaban J connectivity index is 1.42. The second-order valence-electron chi connectivity index (χ2n) is 6.12. The van der Waals surface area contributed by atoms with E-state index in [1.807, 2.05) is 24.3 Å². The third-order valence-electron chi connectivity index (χ3n) is 4.45. The van der Waals surface area contributed by atoms with Crippen molar-refractivity contribution in [2.24, 2.45) is 0 Å². The summed E-state index contributed by atoms with van der Waals surface area (Å²) < 4.78 is 17.1. The molecular formula is C20H19NO5. The fourth-order valence-corrected chi connectivity index (χ4v) is 3.16. The topological polar surface area (TPSA) is 65.1 Å². The summed E-state index contributed by atoms with van der Waals surface area (Å²) in [5, 5.41) is 0. The first-order valence-electron chi connectivity index (χ1n) is 8.66. The number of carbonyl (C=O) groups excluding carboxylic acids is 2. The predicted molar refractivity (Wildman–Crippen MR) is 93.0 cm³/mol. The Morgan fingerprint density at radius 2 is 1.54 bits per heavy atom. The van der Waals surface area contributed by atoms with Crippen molar-refractivity contribution in [3.05, 3.63) is 65.2 Å². The van der Waals surface area contributed by atoms with Crippen molar-refractivity contribution in [2.45, 2.75) is 12.7 Å². The zero-order valence-electron chi connectivity index (χ0n) is 14.2. The van der Waals surface area contributed by atoms with E-state index in [1.54, 1.807) is 24.3 Å². The SMILES string of the molecule is O=C1c2ccccc2C(=O)N1CCOc1ccccc1C1OCCCO1. The highest BCUT2D eigenvalue weighted by Gasteiger charge is 2.34. The number of ether oxygens (including phenoxy) is 3. The minimum Gasteiger partial charge on any atom is -0.491 e. The third kappa shape index (κ3) is 3.09. The third-order valence-corrected chi connectivity index (χ3v) is 4.45. The Morgan fingerprint density at radius 3 is 2.23 bits per heavy atom. The summed E-state index contributed by atoms with van der Waals surface area (Å²) in [5.41, 5.74) is 1.71. The summed E-state index contributed by atoms with van der Waals surface area (Å²) in [5.74, 6) is 0.0823. The molecule has 2 aromatic carbocycles. The van der Waals surface area contributed by atoms with Gasteiger partial charge in [0.05, 0.1) is 30.9 Å². The smallest absolute Gasteiger partial charge is 0.261 e. The molecule has 0 radical (unpaired) electrons. The van der Waals surface area contributed by atoms with Crippen LogP contribution in [0.15, 0.2) is 48.5 Å². The molecule has 2 aliphatic heterocycles. The summed E-state index contributed by atoms with van der Waals surface area (Å²) in [6.07, 6.45) is 0.429. The maximum Gasteiger partial charge on any atom is 0.261 e. The van der Waals surface area contributed by atoms with Crippen LogP contribution in [0.3, 0.4) is 0 Å². The normalized spacial score (nSPS) is 17.5. The lowest BCUT2D eigenvalue weighted by atomic mass is 10.1. The van der Waals surface area contributed by atoms with E-state index in [4.69, 9.17) is 14.2 Å². The van der Waals surface area contributed by atoms with Crippen LogP contribution < -0.4 is 4.74 Å². The lowest BCUT2D eigenvalue weighted by Gasteiger charge is -2.25. The van der Waals surface area contributed by atoms with Crippen molar-refractivity contribution in [3.8, 4) is 5.75 Å². The molecule has 2 heterocycles. The summed E-state index contributed by atoms with van der Waals surface area (Å²) in [6.45, 7) is 1.68. The molecule has 0 bridgehead atoms. The summed E-state index contributed by atoms with van der Waals surface area (Å²) in [4.78, 5) is 26.0. The monoisotopic (exact) mass is 353 g/mol. The number of carbonyl (C=O) groups is 2. The van der Waals surface area contributed by atoms with Gasteiger partial charge >= 0.3 is 0 Å². The molecule has 2 aromatic rings. The highest BCUT2D eigenvalue weighted by atomic mass is 16.7. The van der Waals surface area contributed by atoms with Crippen LogP contribution in [-0.2, 0) is 9.47 Å². The average Bonchev–Trinajstić information content (AvgIpc) is 2.94. The van der Waals surface area contributed by atoms with Gasteiger partial charge in [-0.2, -0.15) is 0 Å². The van der Waals surface area contributed by atoms with Gasteiger partial charge in [0, 0.05) is 5.56 Å². The molecule has 6 nitrogen and oxygen atoms in total. The molecule has 0 aromatic heterocycles. The number of imide groups is 1. The van der Waals surface area contributed by atoms with E-state index in [9.17, 15) is 9.59 Å². The molecule has 1 saturated heterocycles. The second-order valence-corrected chi connectivity index (χ2v) is 6.12. The van der Waals surface area contributed by atoms with Gasteiger partial charge in [-0.05, 0) is 24.6 Å². The lowest BCUT2D eigenvalue weighted by molar-refractivity contribution is -0.183. The van der Waals surface area contributed by atoms with E-state index >= 15 is 0 Å². The fraction of sp³-hybridized carbons (Fsp3) is 0.300. The largest absolute Gasteiger partial charge is 0.491 e. The molecule has 1 fully saturated rings. The van der Waals surface area contributed by atoms with Gasteiger partial charge in [-0.25, -0.2) is 0 Å². The highest BCUT2D eigenvalue weighted by molar-refractivity contribution is 6.21. The van der Waals surface area contributed by atoms with Gasteiger partial charge in [0.1, 0.15) is 12.4 Å². The van der Waals surface area contributed by atoms with Crippen LogP contribution in [-0.4, -0.2) is 43.1 Å². The number of rotatable bonds is 5. The van der Waals surface area contributed by atoms with E-state index in [2.05, 4.69) is 0 Å². The van der Waals surface area contributed by atoms with Crippen LogP contribution in [0.1, 0.15) is 39.0 Å². The van der Waals surface area contributed by atoms with Gasteiger partial charge < -0.3 is 14.2 Å². The number of fused-ring (bicyclic) bond motifs is 1. The zero-order chi connectivity index (χ0) is 17.9. The Hall–Kier alpha value is -2.70. The van der Waals surface area contributed by atoms with Crippen LogP contribution in [0.2, 0.25) is 0 Å². The predicted octanol–water partition coefficient (Wildman–Crippen LogP) is 2.80. The van der Waals surface area contributed by atoms with Crippen molar-refractivity contribution in [1.82, 2.24) is 4.90 Å². The summed E-state index contributed by atoms with van der Waals surface area (Å²) in [7, 11) is 0. The van der Waals surface area contributed by atoms with Crippen molar-refractivity contribution >= 4 is 11.8 Å². The van der Waals surface area contributed by atoms with Crippen molar-refractivity contribution in [2.75, 3.05) is 26.4 Å². The first-order valence-corrected chi connectivity index (χ1v) is 8.66. The molecule has 134 valence electrons. The minimum atomic E-state index is -0.445. The molecule has 4 rings (SSSR count). The Labute approximate surface area is 151 Å². The van der Waals surface area contributed by atoms with Crippen molar-refractivity contribution in [3.63, 3.8) is 0 Å². The molecule has 0 aliphatic carbocycles. The molecule has 6 heteroatoms. The van der Waals surface area contributed by atoms with Gasteiger partial charge in [0.2, 0.25) is 0 Å². The summed E-state index contributed by atoms with van der Waals surface area (Å²) >= 11 is 0. The van der Waals surface area contributed by atoms with E-state index in [0.717, 1.165) is 12.0 Å². The maximum absolute atomic E-state index is 12.4. The Morgan fingerprint density at radius 1 is 0.923 bits per heavy atom. The van der Waals surface area contributed by atoms with E-state index in [-0.39, 0.29) is 25.0 Å². The molecule has 26 heavy (non-hydrogen) atoms. The molecule has 0 N–H and O–H groups in total. The summed E-state index contributed by atoms with van der Waals surface area (Å²) in [6, 6.07) is 14.3. The fourth-order valence-electron chi connectivity index (χ4n) is 3.16. The molecule has 0 saturated carbocycles. The lowest BCUT2D eigenvalue weighted by Crippen LogP contribution is -2.33. The van der Waals surface area contributed by atoms with Gasteiger partial charge in [0.15, 0.2) is 6.29 Å². The number of para-hydroxylation sites is 1. The van der Waals surface area contributed by atoms with Gasteiger partial charge in [0.25, 0.3) is 11.8 Å². The van der Waals surface area contributed by atoms with Crippen LogP contribution in [0.4, 0.5) is 0 Å². The van der Waals surface area contributed by atoms with E-state index in [1.165, 1.54) is 4.90 Å². The number of hydrogen-bond donors (Lipinski definition) is 0. The Kier molecular flexibility index (Phi) is 4.69. The highest BCUT2D eigenvalue weighted by Crippen LogP contribution is 2.30. The molecule has 2 aliphatic rings. The molecular weight excluding hydrogens is 334 g/mol. The molecule has 2 amide bonds. The first kappa shape index (κ1) is 16.8. The average molecular weight is 353 g/mol. The van der Waals surface area contributed by atoms with Crippen LogP contribution in [0.25, 0.3) is 0 Å². The van der Waals surface area contributed by atoms with Gasteiger partial charge in [-0.15, -0.1) is 0 Å². The maximum atomic E-state index is 12.4. The molecule has 0 spiro atoms. The molecule has 0 unspecified atom stereocenters. The number of benzene rings is 2. The standard InChI is InChI=1S/C20H19NO5/c22-18-14-6-1-2-7-15(14)19(23)21(18)10-13-24-17-9-4-3-8-16(17)20-25-11-5-12-26-20/h1-4,6-9,20H,5,10-13H2. The first-order chi connectivity index (χ1) is 12.8. The minimum absolute atomic E-state index is 0.188. The second kappa shape index (κ2) is 7.27. The number of amides is 2. The quantitative estimate of drug-likeness (QED) is 0.774. The van der Waals surface area contributed by atoms with Crippen molar-refractivity contribution in [1.29, 1.82) is 0 Å².